The summed E-state index contributed by atoms with van der Waals surface area (Å²) >= 11 is 7.86. The fourth-order valence-corrected chi connectivity index (χ4v) is 4.19. The molecule has 0 spiro atoms. The summed E-state index contributed by atoms with van der Waals surface area (Å²) < 4.78 is 0. The van der Waals surface area contributed by atoms with Crippen LogP contribution in [0.1, 0.15) is 29.6 Å². The van der Waals surface area contributed by atoms with Crippen LogP contribution in [0.4, 0.5) is 0 Å². The van der Waals surface area contributed by atoms with E-state index < -0.39 is 0 Å². The molecule has 0 saturated carbocycles. The van der Waals surface area contributed by atoms with E-state index in [1.165, 1.54) is 0 Å². The van der Waals surface area contributed by atoms with Crippen molar-refractivity contribution in [1.82, 2.24) is 14.7 Å². The molecule has 0 atom stereocenters. The van der Waals surface area contributed by atoms with E-state index in [4.69, 9.17) is 11.6 Å². The normalized spacial score (nSPS) is 18.8. The number of hydrogen-bond donors (Lipinski definition) is 0. The van der Waals surface area contributed by atoms with E-state index in [1.54, 1.807) is 17.8 Å². The van der Waals surface area contributed by atoms with Crippen molar-refractivity contribution in [2.24, 2.45) is 0 Å². The van der Waals surface area contributed by atoms with Gasteiger partial charge in [-0.05, 0) is 43.7 Å². The average Bonchev–Trinajstić information content (AvgIpc) is 3.09. The Balaban J connectivity index is 1.59. The number of nitrogens with zero attached hydrogens (tertiary/aromatic N) is 3. The monoisotopic (exact) mass is 395 g/mol. The first-order valence-corrected chi connectivity index (χ1v) is 10.8. The number of halogens is 1. The molecule has 0 unspecified atom stereocenters. The van der Waals surface area contributed by atoms with Crippen molar-refractivity contribution in [3.05, 3.63) is 28.8 Å². The molecule has 0 aliphatic carbocycles. The predicted octanol–water partition coefficient (Wildman–Crippen LogP) is 2.83. The highest BCUT2D eigenvalue weighted by molar-refractivity contribution is 7.98. The molecule has 2 saturated heterocycles. The number of thioether (sulfide) groups is 1. The van der Waals surface area contributed by atoms with Crippen molar-refractivity contribution in [3.63, 3.8) is 0 Å². The van der Waals surface area contributed by atoms with Gasteiger partial charge in [0, 0.05) is 44.2 Å². The van der Waals surface area contributed by atoms with Gasteiger partial charge in [-0.1, -0.05) is 11.6 Å². The molecule has 2 fully saturated rings. The van der Waals surface area contributed by atoms with Gasteiger partial charge in [0.05, 0.1) is 17.1 Å². The molecule has 142 valence electrons. The molecule has 2 aliphatic rings. The minimum atomic E-state index is -0.0152. The van der Waals surface area contributed by atoms with Crippen molar-refractivity contribution in [1.29, 1.82) is 0 Å². The quantitative estimate of drug-likeness (QED) is 0.735. The van der Waals surface area contributed by atoms with Gasteiger partial charge in [-0.15, -0.1) is 11.8 Å². The number of carbonyl (C=O) groups excluding carboxylic acids is 2. The molecule has 2 heterocycles. The van der Waals surface area contributed by atoms with Crippen molar-refractivity contribution in [2.75, 3.05) is 52.1 Å². The lowest BCUT2D eigenvalue weighted by atomic mass is 10.2. The van der Waals surface area contributed by atoms with Gasteiger partial charge in [-0.3, -0.25) is 14.5 Å². The van der Waals surface area contributed by atoms with E-state index in [1.807, 2.05) is 28.2 Å². The van der Waals surface area contributed by atoms with Gasteiger partial charge in [0.1, 0.15) is 0 Å². The summed E-state index contributed by atoms with van der Waals surface area (Å²) in [5, 5.41) is 0.498. The van der Waals surface area contributed by atoms with Gasteiger partial charge in [-0.2, -0.15) is 0 Å². The molecule has 1 aromatic carbocycles. The SMILES string of the molecule is CSc1ccc(Cl)c(C(=O)N2CCCN(CC(=O)N3CCCC3)CC2)c1. The van der Waals surface area contributed by atoms with Gasteiger partial charge in [0.2, 0.25) is 5.91 Å². The van der Waals surface area contributed by atoms with Crippen LogP contribution in [0.2, 0.25) is 5.02 Å². The van der Waals surface area contributed by atoms with Gasteiger partial charge < -0.3 is 9.80 Å². The lowest BCUT2D eigenvalue weighted by Crippen LogP contribution is -2.41. The van der Waals surface area contributed by atoms with Crippen LogP contribution in [0.5, 0.6) is 0 Å². The zero-order valence-electron chi connectivity index (χ0n) is 15.2. The highest BCUT2D eigenvalue weighted by Crippen LogP contribution is 2.24. The second-order valence-electron chi connectivity index (χ2n) is 6.86. The van der Waals surface area contributed by atoms with Crippen LogP contribution >= 0.6 is 23.4 Å². The predicted molar refractivity (Wildman–Crippen MR) is 106 cm³/mol. The largest absolute Gasteiger partial charge is 0.342 e. The molecule has 2 amide bonds. The third kappa shape index (κ3) is 4.72. The van der Waals surface area contributed by atoms with Crippen LogP contribution < -0.4 is 0 Å². The molecule has 5 nitrogen and oxygen atoms in total. The molecule has 3 rings (SSSR count). The van der Waals surface area contributed by atoms with E-state index in [9.17, 15) is 9.59 Å². The van der Waals surface area contributed by atoms with Crippen LogP contribution in [0, 0.1) is 0 Å². The van der Waals surface area contributed by atoms with Gasteiger partial charge in [0.25, 0.3) is 5.91 Å². The maximum Gasteiger partial charge on any atom is 0.255 e. The summed E-state index contributed by atoms with van der Waals surface area (Å²) in [7, 11) is 0. The van der Waals surface area contributed by atoms with Gasteiger partial charge in [-0.25, -0.2) is 0 Å². The van der Waals surface area contributed by atoms with E-state index in [0.717, 1.165) is 50.3 Å². The fourth-order valence-electron chi connectivity index (χ4n) is 3.56. The summed E-state index contributed by atoms with van der Waals surface area (Å²) in [6.07, 6.45) is 5.09. The lowest BCUT2D eigenvalue weighted by molar-refractivity contribution is -0.131. The highest BCUT2D eigenvalue weighted by Gasteiger charge is 2.25. The zero-order valence-corrected chi connectivity index (χ0v) is 16.8. The smallest absolute Gasteiger partial charge is 0.255 e. The van der Waals surface area contributed by atoms with Crippen LogP contribution in [-0.4, -0.2) is 78.6 Å². The number of benzene rings is 1. The molecule has 0 bridgehead atoms. The fraction of sp³-hybridized carbons (Fsp3) is 0.579. The third-order valence-corrected chi connectivity index (χ3v) is 6.15. The Morgan fingerprint density at radius 1 is 1.00 bits per heavy atom. The van der Waals surface area contributed by atoms with Gasteiger partial charge >= 0.3 is 0 Å². The number of amides is 2. The Kier molecular flexibility index (Phi) is 6.84. The Morgan fingerprint density at radius 3 is 2.46 bits per heavy atom. The molecular weight excluding hydrogens is 370 g/mol. The van der Waals surface area contributed by atoms with Crippen LogP contribution in [0.25, 0.3) is 0 Å². The molecule has 0 N–H and O–H groups in total. The number of carbonyl (C=O) groups is 2. The molecule has 1 aromatic rings. The summed E-state index contributed by atoms with van der Waals surface area (Å²) in [6.45, 7) is 5.15. The molecular formula is C19H26ClN3O2S. The van der Waals surface area contributed by atoms with Crippen LogP contribution in [0.3, 0.4) is 0 Å². The van der Waals surface area contributed by atoms with E-state index in [-0.39, 0.29) is 11.8 Å². The Morgan fingerprint density at radius 2 is 1.73 bits per heavy atom. The molecule has 26 heavy (non-hydrogen) atoms. The maximum absolute atomic E-state index is 12.9. The minimum absolute atomic E-state index is 0.0152. The Hall–Kier alpha value is -1.24. The molecule has 2 aliphatic heterocycles. The minimum Gasteiger partial charge on any atom is -0.342 e. The number of rotatable bonds is 4. The van der Waals surface area contributed by atoms with E-state index in [0.29, 0.717) is 30.2 Å². The highest BCUT2D eigenvalue weighted by atomic mass is 35.5. The summed E-state index contributed by atoms with van der Waals surface area (Å²) in [6, 6.07) is 5.59. The third-order valence-electron chi connectivity index (χ3n) is 5.10. The summed E-state index contributed by atoms with van der Waals surface area (Å²) in [5.41, 5.74) is 0.570. The number of hydrogen-bond acceptors (Lipinski definition) is 4. The zero-order chi connectivity index (χ0) is 18.5. The topological polar surface area (TPSA) is 43.9 Å². The lowest BCUT2D eigenvalue weighted by Gasteiger charge is -2.24. The summed E-state index contributed by atoms with van der Waals surface area (Å²) in [4.78, 5) is 32.3. The Labute approximate surface area is 164 Å². The average molecular weight is 396 g/mol. The molecule has 0 radical (unpaired) electrons. The summed E-state index contributed by atoms with van der Waals surface area (Å²) in [5.74, 6) is 0.205. The maximum atomic E-state index is 12.9. The van der Waals surface area contributed by atoms with E-state index in [2.05, 4.69) is 4.90 Å². The van der Waals surface area contributed by atoms with Crippen molar-refractivity contribution in [2.45, 2.75) is 24.2 Å². The molecule has 7 heteroatoms. The second-order valence-corrected chi connectivity index (χ2v) is 8.14. The second kappa shape index (κ2) is 9.11. The van der Waals surface area contributed by atoms with Crippen LogP contribution in [-0.2, 0) is 4.79 Å². The van der Waals surface area contributed by atoms with Crippen molar-refractivity contribution < 1.29 is 9.59 Å². The number of likely N-dealkylation sites (tertiary alicyclic amines) is 1. The Bertz CT molecular complexity index is 664. The first-order valence-electron chi connectivity index (χ1n) is 9.21. The van der Waals surface area contributed by atoms with Crippen molar-refractivity contribution in [3.8, 4) is 0 Å². The van der Waals surface area contributed by atoms with E-state index >= 15 is 0 Å². The standard InChI is InChI=1S/C19H26ClN3O2S/c1-26-15-5-6-17(20)16(13-15)19(25)23-10-4-7-21(11-12-23)14-18(24)22-8-2-3-9-22/h5-6,13H,2-4,7-12,14H2,1H3. The van der Waals surface area contributed by atoms with Gasteiger partial charge in [0.15, 0.2) is 0 Å². The van der Waals surface area contributed by atoms with Crippen LogP contribution in [0.15, 0.2) is 23.1 Å². The first-order chi connectivity index (χ1) is 12.6. The first kappa shape index (κ1) is 19.5. The molecule has 0 aromatic heterocycles. The van der Waals surface area contributed by atoms with Crippen molar-refractivity contribution >= 4 is 35.2 Å².